The molecule has 1 heterocycles. The van der Waals surface area contributed by atoms with Crippen LogP contribution in [-0.2, 0) is 21.2 Å². The topological polar surface area (TPSA) is 66.5 Å². The molecule has 1 fully saturated rings. The Morgan fingerprint density at radius 2 is 2.05 bits per heavy atom. The van der Waals surface area contributed by atoms with Crippen LogP contribution in [0.25, 0.3) is 0 Å². The van der Waals surface area contributed by atoms with Crippen molar-refractivity contribution >= 4 is 15.9 Å². The number of nitrogens with zero attached hydrogens (tertiary/aromatic N) is 1. The lowest BCUT2D eigenvalue weighted by molar-refractivity contribution is -0.129. The maximum absolute atomic E-state index is 12.8. The highest BCUT2D eigenvalue weighted by Crippen LogP contribution is 2.13. The summed E-state index contributed by atoms with van der Waals surface area (Å²) in [6.45, 7) is 0.917. The third-order valence-corrected chi connectivity index (χ3v) is 3.95. The molecule has 0 aromatic heterocycles. The van der Waals surface area contributed by atoms with Crippen LogP contribution in [0.4, 0.5) is 4.39 Å². The lowest BCUT2D eigenvalue weighted by Gasteiger charge is -2.16. The summed E-state index contributed by atoms with van der Waals surface area (Å²) in [5, 5.41) is 0. The van der Waals surface area contributed by atoms with Gasteiger partial charge in [0.25, 0.3) is 0 Å². The van der Waals surface area contributed by atoms with Gasteiger partial charge in [0.05, 0.1) is 12.7 Å². The predicted molar refractivity (Wildman–Crippen MR) is 73.1 cm³/mol. The Morgan fingerprint density at radius 1 is 1.40 bits per heavy atom. The van der Waals surface area contributed by atoms with Gasteiger partial charge in [-0.2, -0.15) is 0 Å². The first kappa shape index (κ1) is 14.9. The van der Waals surface area contributed by atoms with Gasteiger partial charge in [-0.05, 0) is 24.1 Å². The molecule has 0 saturated carbocycles. The van der Waals surface area contributed by atoms with Crippen LogP contribution in [0.1, 0.15) is 12.0 Å². The highest BCUT2D eigenvalue weighted by Gasteiger charge is 2.27. The summed E-state index contributed by atoms with van der Waals surface area (Å²) in [5.41, 5.74) is 0.746. The Bertz CT molecular complexity index is 586. The molecule has 1 N–H and O–H groups in total. The van der Waals surface area contributed by atoms with E-state index in [1.54, 1.807) is 17.0 Å². The van der Waals surface area contributed by atoms with E-state index in [9.17, 15) is 17.6 Å². The normalized spacial score (nSPS) is 19.3. The molecule has 5 nitrogen and oxygen atoms in total. The highest BCUT2D eigenvalue weighted by molar-refractivity contribution is 7.88. The molecule has 1 saturated heterocycles. The first-order chi connectivity index (χ1) is 9.33. The largest absolute Gasteiger partial charge is 0.341 e. The molecule has 1 aliphatic heterocycles. The maximum Gasteiger partial charge on any atom is 0.227 e. The molecule has 20 heavy (non-hydrogen) atoms. The minimum atomic E-state index is -3.25. The van der Waals surface area contributed by atoms with Crippen molar-refractivity contribution in [2.24, 2.45) is 0 Å². The Kier molecular flexibility index (Phi) is 4.39. The van der Waals surface area contributed by atoms with Crippen LogP contribution < -0.4 is 4.72 Å². The number of hydrogen-bond donors (Lipinski definition) is 1. The summed E-state index contributed by atoms with van der Waals surface area (Å²) >= 11 is 0. The zero-order valence-electron chi connectivity index (χ0n) is 11.2. The van der Waals surface area contributed by atoms with Gasteiger partial charge in [0, 0.05) is 19.1 Å². The number of nitrogens with one attached hydrogen (secondary N) is 1. The maximum atomic E-state index is 12.8. The molecule has 1 aliphatic rings. The summed E-state index contributed by atoms with van der Waals surface area (Å²) in [6, 6.07) is 5.58. The molecule has 1 amide bonds. The molecule has 0 unspecified atom stereocenters. The van der Waals surface area contributed by atoms with E-state index < -0.39 is 10.0 Å². The molecule has 0 spiro atoms. The number of sulfonamides is 1. The smallest absolute Gasteiger partial charge is 0.227 e. The van der Waals surface area contributed by atoms with E-state index in [2.05, 4.69) is 4.72 Å². The van der Waals surface area contributed by atoms with Gasteiger partial charge in [-0.15, -0.1) is 0 Å². The summed E-state index contributed by atoms with van der Waals surface area (Å²) in [7, 11) is -3.25. The van der Waals surface area contributed by atoms with Crippen LogP contribution in [-0.4, -0.2) is 44.6 Å². The van der Waals surface area contributed by atoms with E-state index in [0.717, 1.165) is 11.8 Å². The SMILES string of the molecule is CS(=O)(=O)N[C@H]1CCN(C(=O)Cc2ccc(F)cc2)C1. The van der Waals surface area contributed by atoms with E-state index in [0.29, 0.717) is 19.5 Å². The first-order valence-corrected chi connectivity index (χ1v) is 8.22. The van der Waals surface area contributed by atoms with Crippen molar-refractivity contribution in [1.29, 1.82) is 0 Å². The first-order valence-electron chi connectivity index (χ1n) is 6.33. The fourth-order valence-corrected chi connectivity index (χ4v) is 3.07. The van der Waals surface area contributed by atoms with Crippen LogP contribution in [0.5, 0.6) is 0 Å². The van der Waals surface area contributed by atoms with Crippen molar-refractivity contribution in [3.63, 3.8) is 0 Å². The van der Waals surface area contributed by atoms with E-state index in [4.69, 9.17) is 0 Å². The average molecular weight is 300 g/mol. The van der Waals surface area contributed by atoms with Crippen LogP contribution in [0.2, 0.25) is 0 Å². The molecule has 7 heteroatoms. The van der Waals surface area contributed by atoms with Crippen molar-refractivity contribution in [1.82, 2.24) is 9.62 Å². The lowest BCUT2D eigenvalue weighted by Crippen LogP contribution is -2.38. The summed E-state index contributed by atoms with van der Waals surface area (Å²) in [5.74, 6) is -0.408. The summed E-state index contributed by atoms with van der Waals surface area (Å²) in [6.07, 6.45) is 1.92. The molecule has 0 radical (unpaired) electrons. The Balaban J connectivity index is 1.90. The molecule has 2 rings (SSSR count). The Morgan fingerprint density at radius 3 is 2.65 bits per heavy atom. The van der Waals surface area contributed by atoms with Crippen molar-refractivity contribution in [2.75, 3.05) is 19.3 Å². The summed E-state index contributed by atoms with van der Waals surface area (Å²) in [4.78, 5) is 13.7. The van der Waals surface area contributed by atoms with Crippen molar-refractivity contribution in [2.45, 2.75) is 18.9 Å². The zero-order valence-corrected chi connectivity index (χ0v) is 12.0. The zero-order chi connectivity index (χ0) is 14.8. The van der Waals surface area contributed by atoms with Crippen LogP contribution >= 0.6 is 0 Å². The molecule has 0 bridgehead atoms. The Hall–Kier alpha value is -1.47. The minimum absolute atomic E-state index is 0.0746. The highest BCUT2D eigenvalue weighted by atomic mass is 32.2. The number of halogens is 1. The van der Waals surface area contributed by atoms with Gasteiger partial charge in [0.1, 0.15) is 5.82 Å². The second kappa shape index (κ2) is 5.88. The van der Waals surface area contributed by atoms with E-state index in [-0.39, 0.29) is 24.2 Å². The van der Waals surface area contributed by atoms with Crippen molar-refractivity contribution in [3.8, 4) is 0 Å². The number of benzene rings is 1. The number of rotatable bonds is 4. The molecule has 1 aromatic rings. The molecule has 1 aromatic carbocycles. The molecule has 0 aliphatic carbocycles. The van der Waals surface area contributed by atoms with Gasteiger partial charge >= 0.3 is 0 Å². The molecule has 110 valence electrons. The number of amides is 1. The quantitative estimate of drug-likeness (QED) is 0.881. The number of carbonyl (C=O) groups is 1. The standard InChI is InChI=1S/C13H17FN2O3S/c1-20(18,19)15-12-6-7-16(9-12)13(17)8-10-2-4-11(14)5-3-10/h2-5,12,15H,6-9H2,1H3/t12-/m0/s1. The van der Waals surface area contributed by atoms with Crippen LogP contribution in [0.15, 0.2) is 24.3 Å². The van der Waals surface area contributed by atoms with E-state index >= 15 is 0 Å². The van der Waals surface area contributed by atoms with Crippen molar-refractivity contribution < 1.29 is 17.6 Å². The van der Waals surface area contributed by atoms with E-state index in [1.807, 2.05) is 0 Å². The second-order valence-electron chi connectivity index (χ2n) is 5.02. The van der Waals surface area contributed by atoms with Crippen LogP contribution in [0.3, 0.4) is 0 Å². The van der Waals surface area contributed by atoms with Gasteiger partial charge in [0.15, 0.2) is 0 Å². The number of carbonyl (C=O) groups excluding carboxylic acids is 1. The van der Waals surface area contributed by atoms with Crippen molar-refractivity contribution in [3.05, 3.63) is 35.6 Å². The fourth-order valence-electron chi connectivity index (χ4n) is 2.27. The average Bonchev–Trinajstić information content (AvgIpc) is 2.78. The monoisotopic (exact) mass is 300 g/mol. The van der Waals surface area contributed by atoms with Gasteiger partial charge in [0.2, 0.25) is 15.9 Å². The van der Waals surface area contributed by atoms with E-state index in [1.165, 1.54) is 12.1 Å². The van der Waals surface area contributed by atoms with Gasteiger partial charge < -0.3 is 4.90 Å². The molecular weight excluding hydrogens is 283 g/mol. The lowest BCUT2D eigenvalue weighted by atomic mass is 10.1. The van der Waals surface area contributed by atoms with Crippen LogP contribution in [0, 0.1) is 5.82 Å². The predicted octanol–water partition coefficient (Wildman–Crippen LogP) is 0.518. The number of hydrogen-bond acceptors (Lipinski definition) is 3. The minimum Gasteiger partial charge on any atom is -0.341 e. The number of likely N-dealkylation sites (tertiary alicyclic amines) is 1. The van der Waals surface area contributed by atoms with Gasteiger partial charge in [-0.3, -0.25) is 4.79 Å². The summed E-state index contributed by atoms with van der Waals surface area (Å²) < 4.78 is 37.5. The third-order valence-electron chi connectivity index (χ3n) is 3.19. The second-order valence-corrected chi connectivity index (χ2v) is 6.80. The van der Waals surface area contributed by atoms with Gasteiger partial charge in [-0.25, -0.2) is 17.5 Å². The Labute approximate surface area is 117 Å². The molecular formula is C13H17FN2O3S. The fraction of sp³-hybridized carbons (Fsp3) is 0.462. The molecule has 1 atom stereocenters. The third kappa shape index (κ3) is 4.28. The van der Waals surface area contributed by atoms with Gasteiger partial charge in [-0.1, -0.05) is 12.1 Å².